The number of carbonyl (C=O) groups excluding carboxylic acids is 1. The van der Waals surface area contributed by atoms with Gasteiger partial charge in [-0.3, -0.25) is 9.69 Å². The van der Waals surface area contributed by atoms with Gasteiger partial charge in [-0.15, -0.1) is 0 Å². The van der Waals surface area contributed by atoms with Gasteiger partial charge in [0, 0.05) is 13.6 Å². The van der Waals surface area contributed by atoms with Gasteiger partial charge >= 0.3 is 0 Å². The van der Waals surface area contributed by atoms with Gasteiger partial charge in [0.15, 0.2) is 0 Å². The van der Waals surface area contributed by atoms with Crippen LogP contribution in [0.25, 0.3) is 0 Å². The van der Waals surface area contributed by atoms with E-state index in [0.717, 1.165) is 26.1 Å². The van der Waals surface area contributed by atoms with Crippen LogP contribution < -0.4 is 5.73 Å². The van der Waals surface area contributed by atoms with Crippen LogP contribution in [0.2, 0.25) is 0 Å². The maximum Gasteiger partial charge on any atom is 0.236 e. The van der Waals surface area contributed by atoms with E-state index in [4.69, 9.17) is 5.73 Å². The van der Waals surface area contributed by atoms with Gasteiger partial charge in [0.25, 0.3) is 0 Å². The van der Waals surface area contributed by atoms with E-state index >= 15 is 0 Å². The van der Waals surface area contributed by atoms with Crippen LogP contribution in [-0.2, 0) is 4.79 Å². The van der Waals surface area contributed by atoms with Crippen molar-refractivity contribution in [3.8, 4) is 0 Å². The van der Waals surface area contributed by atoms with Crippen LogP contribution in [0.1, 0.15) is 38.5 Å². The highest BCUT2D eigenvalue weighted by Crippen LogP contribution is 2.10. The zero-order valence-corrected chi connectivity index (χ0v) is 11.2. The molecule has 1 saturated heterocycles. The molecule has 0 aromatic carbocycles. The number of hydrogen-bond donors (Lipinski definition) is 1. The standard InChI is InChI=1S/C13H27N3O/c1-15(9-7-8-14)13(17)12-16-10-5-3-2-4-6-11-16/h2-12,14H2,1H3. The van der Waals surface area contributed by atoms with Crippen molar-refractivity contribution in [3.05, 3.63) is 0 Å². The molecule has 2 N–H and O–H groups in total. The number of amides is 1. The number of carbonyl (C=O) groups is 1. The average Bonchev–Trinajstić information content (AvgIpc) is 2.29. The van der Waals surface area contributed by atoms with E-state index in [-0.39, 0.29) is 5.91 Å². The summed E-state index contributed by atoms with van der Waals surface area (Å²) in [5.41, 5.74) is 5.45. The number of likely N-dealkylation sites (N-methyl/N-ethyl adjacent to an activating group) is 1. The number of rotatable bonds is 5. The Hall–Kier alpha value is -0.610. The Kier molecular flexibility index (Phi) is 7.21. The Bertz CT molecular complexity index is 213. The van der Waals surface area contributed by atoms with Crippen molar-refractivity contribution in [2.45, 2.75) is 38.5 Å². The monoisotopic (exact) mass is 241 g/mol. The quantitative estimate of drug-likeness (QED) is 0.783. The van der Waals surface area contributed by atoms with E-state index in [1.165, 1.54) is 32.1 Å². The lowest BCUT2D eigenvalue weighted by Crippen LogP contribution is -2.40. The lowest BCUT2D eigenvalue weighted by Gasteiger charge is -2.26. The molecule has 0 unspecified atom stereocenters. The third kappa shape index (κ3) is 6.03. The first-order valence-electron chi connectivity index (χ1n) is 6.90. The van der Waals surface area contributed by atoms with Crippen LogP contribution in [-0.4, -0.2) is 55.5 Å². The highest BCUT2D eigenvalue weighted by atomic mass is 16.2. The minimum absolute atomic E-state index is 0.235. The molecule has 0 spiro atoms. The first-order chi connectivity index (χ1) is 8.24. The largest absolute Gasteiger partial charge is 0.345 e. The van der Waals surface area contributed by atoms with Crippen molar-refractivity contribution in [3.63, 3.8) is 0 Å². The lowest BCUT2D eigenvalue weighted by atomic mass is 10.1. The maximum absolute atomic E-state index is 12.0. The summed E-state index contributed by atoms with van der Waals surface area (Å²) < 4.78 is 0. The minimum atomic E-state index is 0.235. The maximum atomic E-state index is 12.0. The molecule has 0 aliphatic carbocycles. The second kappa shape index (κ2) is 8.48. The molecule has 1 amide bonds. The molecule has 0 atom stereocenters. The van der Waals surface area contributed by atoms with E-state index in [2.05, 4.69) is 4.90 Å². The van der Waals surface area contributed by atoms with Crippen LogP contribution >= 0.6 is 0 Å². The molecule has 4 nitrogen and oxygen atoms in total. The molecule has 0 saturated carbocycles. The summed E-state index contributed by atoms with van der Waals surface area (Å²) in [6, 6.07) is 0. The first kappa shape index (κ1) is 14.5. The van der Waals surface area contributed by atoms with E-state index < -0.39 is 0 Å². The fourth-order valence-corrected chi connectivity index (χ4v) is 2.24. The van der Waals surface area contributed by atoms with Crippen LogP contribution in [0.5, 0.6) is 0 Å². The number of hydrogen-bond acceptors (Lipinski definition) is 3. The molecule has 0 bridgehead atoms. The average molecular weight is 241 g/mol. The molecular formula is C13H27N3O. The van der Waals surface area contributed by atoms with Crippen molar-refractivity contribution >= 4 is 5.91 Å². The molecule has 1 heterocycles. The third-order valence-electron chi connectivity index (χ3n) is 3.43. The first-order valence-corrected chi connectivity index (χ1v) is 6.90. The van der Waals surface area contributed by atoms with Crippen molar-refractivity contribution < 1.29 is 4.79 Å². The van der Waals surface area contributed by atoms with Gasteiger partial charge in [-0.1, -0.05) is 19.3 Å². The van der Waals surface area contributed by atoms with Crippen LogP contribution in [0, 0.1) is 0 Å². The summed E-state index contributed by atoms with van der Waals surface area (Å²) in [5, 5.41) is 0. The molecule has 0 radical (unpaired) electrons. The topological polar surface area (TPSA) is 49.6 Å². The van der Waals surface area contributed by atoms with Gasteiger partial charge in [0.05, 0.1) is 6.54 Å². The Labute approximate surface area is 105 Å². The summed E-state index contributed by atoms with van der Waals surface area (Å²) in [4.78, 5) is 16.1. The fourth-order valence-electron chi connectivity index (χ4n) is 2.24. The van der Waals surface area contributed by atoms with Gasteiger partial charge in [-0.2, -0.15) is 0 Å². The zero-order chi connectivity index (χ0) is 12.5. The number of nitrogens with zero attached hydrogens (tertiary/aromatic N) is 2. The second-order valence-corrected chi connectivity index (χ2v) is 5.00. The molecule has 17 heavy (non-hydrogen) atoms. The minimum Gasteiger partial charge on any atom is -0.345 e. The fraction of sp³-hybridized carbons (Fsp3) is 0.923. The predicted molar refractivity (Wildman–Crippen MR) is 70.8 cm³/mol. The van der Waals surface area contributed by atoms with Crippen molar-refractivity contribution in [2.24, 2.45) is 5.73 Å². The van der Waals surface area contributed by atoms with Crippen molar-refractivity contribution in [1.29, 1.82) is 0 Å². The lowest BCUT2D eigenvalue weighted by molar-refractivity contribution is -0.131. The molecule has 1 fully saturated rings. The van der Waals surface area contributed by atoms with Crippen LogP contribution in [0.4, 0.5) is 0 Å². The highest BCUT2D eigenvalue weighted by Gasteiger charge is 2.14. The van der Waals surface area contributed by atoms with Crippen molar-refractivity contribution in [2.75, 3.05) is 39.8 Å². The Balaban J connectivity index is 2.27. The molecular weight excluding hydrogens is 214 g/mol. The van der Waals surface area contributed by atoms with E-state index in [9.17, 15) is 4.79 Å². The van der Waals surface area contributed by atoms with Crippen LogP contribution in [0.3, 0.4) is 0 Å². The Morgan fingerprint density at radius 2 is 1.76 bits per heavy atom. The smallest absolute Gasteiger partial charge is 0.236 e. The van der Waals surface area contributed by atoms with E-state index in [1.807, 2.05) is 11.9 Å². The number of likely N-dealkylation sites (tertiary alicyclic amines) is 1. The van der Waals surface area contributed by atoms with Gasteiger partial charge < -0.3 is 10.6 Å². The summed E-state index contributed by atoms with van der Waals surface area (Å²) in [6.07, 6.45) is 7.35. The van der Waals surface area contributed by atoms with Gasteiger partial charge in [0.2, 0.25) is 5.91 Å². The normalized spacial score (nSPS) is 18.5. The molecule has 0 aromatic heterocycles. The summed E-state index contributed by atoms with van der Waals surface area (Å²) in [7, 11) is 1.88. The van der Waals surface area contributed by atoms with Gasteiger partial charge in [-0.25, -0.2) is 0 Å². The summed E-state index contributed by atoms with van der Waals surface area (Å²) in [6.45, 7) is 4.18. The van der Waals surface area contributed by atoms with Crippen molar-refractivity contribution in [1.82, 2.24) is 9.80 Å². The predicted octanol–water partition coefficient (Wildman–Crippen LogP) is 1.06. The summed E-state index contributed by atoms with van der Waals surface area (Å²) in [5.74, 6) is 0.235. The van der Waals surface area contributed by atoms with Crippen LogP contribution in [0.15, 0.2) is 0 Å². The Morgan fingerprint density at radius 1 is 1.18 bits per heavy atom. The van der Waals surface area contributed by atoms with E-state index in [0.29, 0.717) is 13.1 Å². The Morgan fingerprint density at radius 3 is 2.35 bits per heavy atom. The molecule has 4 heteroatoms. The number of nitrogens with two attached hydrogens (primary N) is 1. The van der Waals surface area contributed by atoms with Gasteiger partial charge in [0.1, 0.15) is 0 Å². The SMILES string of the molecule is CN(CCCN)C(=O)CN1CCCCCCC1. The molecule has 100 valence electrons. The van der Waals surface area contributed by atoms with Gasteiger partial charge in [-0.05, 0) is 38.9 Å². The highest BCUT2D eigenvalue weighted by molar-refractivity contribution is 5.77. The molecule has 1 aliphatic rings. The summed E-state index contributed by atoms with van der Waals surface area (Å²) >= 11 is 0. The third-order valence-corrected chi connectivity index (χ3v) is 3.43. The van der Waals surface area contributed by atoms with E-state index in [1.54, 1.807) is 0 Å². The molecule has 0 aromatic rings. The zero-order valence-electron chi connectivity index (χ0n) is 11.2. The molecule has 1 rings (SSSR count). The molecule has 1 aliphatic heterocycles. The second-order valence-electron chi connectivity index (χ2n) is 5.00.